The average Bonchev–Trinajstić information content (AvgIpc) is 3.27. The smallest absolute Gasteiger partial charge is 0.309 e. The normalized spacial score (nSPS) is 39.8. The van der Waals surface area contributed by atoms with Gasteiger partial charge in [0.25, 0.3) is 0 Å². The van der Waals surface area contributed by atoms with Gasteiger partial charge in [0.05, 0.1) is 17.9 Å². The lowest BCUT2D eigenvalue weighted by molar-refractivity contribution is -0.235. The van der Waals surface area contributed by atoms with Crippen LogP contribution in [0.5, 0.6) is 0 Å². The van der Waals surface area contributed by atoms with Crippen LogP contribution in [0.3, 0.4) is 0 Å². The third-order valence-electron chi connectivity index (χ3n) is 15.4. The number of fused-ring (bicyclic) bond motifs is 7. The zero-order chi connectivity index (χ0) is 35.8. The van der Waals surface area contributed by atoms with E-state index in [1.54, 1.807) is 13.8 Å². The monoisotopic (exact) mass is 669 g/mol. The number of aliphatic carboxylic acids is 1. The molecule has 4 fully saturated rings. The molecule has 3 N–H and O–H groups in total. The summed E-state index contributed by atoms with van der Waals surface area (Å²) < 4.78 is 6.15. The van der Waals surface area contributed by atoms with Gasteiger partial charge in [0.15, 0.2) is 5.78 Å². The minimum Gasteiger partial charge on any atom is -0.481 e. The number of hydrogen-bond donors (Lipinski definition) is 3. The fraction of sp³-hybridized carbons (Fsp3) is 0.878. The number of ketones is 1. The third-order valence-corrected chi connectivity index (χ3v) is 15.4. The van der Waals surface area contributed by atoms with E-state index in [1.807, 2.05) is 0 Å². The van der Waals surface area contributed by atoms with Crippen LogP contribution in [0.25, 0.3) is 0 Å². The van der Waals surface area contributed by atoms with Crippen LogP contribution < -0.4 is 5.32 Å². The molecule has 0 radical (unpaired) electrons. The summed E-state index contributed by atoms with van der Waals surface area (Å²) >= 11 is 0. The summed E-state index contributed by atoms with van der Waals surface area (Å²) in [7, 11) is 0. The molecule has 48 heavy (non-hydrogen) atoms. The van der Waals surface area contributed by atoms with E-state index in [4.69, 9.17) is 4.74 Å². The van der Waals surface area contributed by atoms with Crippen molar-refractivity contribution in [2.24, 2.45) is 62.1 Å². The maximum absolute atomic E-state index is 13.9. The Morgan fingerprint density at radius 1 is 0.896 bits per heavy atom. The fourth-order valence-corrected chi connectivity index (χ4v) is 12.6. The van der Waals surface area contributed by atoms with Gasteiger partial charge < -0.3 is 20.3 Å². The number of carboxylic acids is 1. The zero-order valence-corrected chi connectivity index (χ0v) is 32.1. The second-order valence-electron chi connectivity index (χ2n) is 19.6. The second kappa shape index (κ2) is 12.5. The van der Waals surface area contributed by atoms with E-state index in [0.29, 0.717) is 36.6 Å². The number of carboxylic acid groups (broad SMARTS) is 1. The quantitative estimate of drug-likeness (QED) is 0.202. The number of aliphatic hydroxyl groups is 1. The Hall–Kier alpha value is -1.73. The molecule has 0 spiro atoms. The summed E-state index contributed by atoms with van der Waals surface area (Å²) in [5, 5.41) is 25.0. The van der Waals surface area contributed by atoms with Crippen molar-refractivity contribution >= 4 is 17.7 Å². The number of carbonyl (C=O) groups is 3. The molecular formula is C41H67NO6. The number of ether oxygens (including phenoxy) is 1. The molecule has 0 bridgehead atoms. The lowest BCUT2D eigenvalue weighted by Crippen LogP contribution is -2.66. The van der Waals surface area contributed by atoms with Crippen LogP contribution in [0.4, 0.5) is 0 Å². The van der Waals surface area contributed by atoms with E-state index in [-0.39, 0.29) is 45.9 Å². The molecule has 1 unspecified atom stereocenters. The molecule has 4 saturated carbocycles. The van der Waals surface area contributed by atoms with Gasteiger partial charge in [-0.3, -0.25) is 14.4 Å². The first-order valence-electron chi connectivity index (χ1n) is 19.2. The molecule has 5 rings (SSSR count). The Morgan fingerprint density at radius 2 is 1.56 bits per heavy atom. The molecular weight excluding hydrogens is 602 g/mol. The van der Waals surface area contributed by atoms with E-state index in [0.717, 1.165) is 63.5 Å². The minimum absolute atomic E-state index is 0.0223. The number of allylic oxidation sites excluding steroid dienone is 1. The fourth-order valence-electron chi connectivity index (χ4n) is 12.6. The van der Waals surface area contributed by atoms with Crippen molar-refractivity contribution < 1.29 is 29.3 Å². The number of Topliss-reactive ketones (excluding diaryl/α,β-unsaturated/α-hetero) is 1. The minimum atomic E-state index is -1.15. The predicted octanol–water partition coefficient (Wildman–Crippen LogP) is 7.99. The Kier molecular flexibility index (Phi) is 9.77. The van der Waals surface area contributed by atoms with Gasteiger partial charge in [-0.05, 0) is 123 Å². The molecule has 5 aliphatic rings. The summed E-state index contributed by atoms with van der Waals surface area (Å²) in [4.78, 5) is 38.6. The van der Waals surface area contributed by atoms with Gasteiger partial charge >= 0.3 is 11.9 Å². The number of carbonyl (C=O) groups excluding carboxylic acids is 2. The molecule has 9 atom stereocenters. The van der Waals surface area contributed by atoms with Gasteiger partial charge in [0, 0.05) is 23.8 Å². The van der Waals surface area contributed by atoms with Crippen molar-refractivity contribution in [3.8, 4) is 0 Å². The van der Waals surface area contributed by atoms with Gasteiger partial charge in [-0.2, -0.15) is 0 Å². The molecule has 0 amide bonds. The van der Waals surface area contributed by atoms with Crippen molar-refractivity contribution in [3.63, 3.8) is 0 Å². The SMILES string of the molecule is CC(C)CNC[C@@H](O)[C@@]12CC[C@]3(C)[C@H](CCC4[C@@]5(C)CC[C@H](OC(=O)CC(C)(C)C(=O)O)C(C)(C)[C@H]5CC[C@]43C)C1=C(C(C)C)C(=O)C2. The highest BCUT2D eigenvalue weighted by Gasteiger charge is 2.70. The van der Waals surface area contributed by atoms with Gasteiger partial charge in [-0.1, -0.05) is 67.9 Å². The van der Waals surface area contributed by atoms with Crippen molar-refractivity contribution in [1.29, 1.82) is 0 Å². The molecule has 5 aliphatic carbocycles. The van der Waals surface area contributed by atoms with Crippen molar-refractivity contribution in [1.82, 2.24) is 5.32 Å². The lowest BCUT2D eigenvalue weighted by atomic mass is 9.33. The number of rotatable bonds is 10. The van der Waals surface area contributed by atoms with Crippen LogP contribution in [0.15, 0.2) is 11.1 Å². The highest BCUT2D eigenvalue weighted by molar-refractivity contribution is 6.00. The van der Waals surface area contributed by atoms with Crippen LogP contribution in [-0.2, 0) is 19.1 Å². The lowest BCUT2D eigenvalue weighted by Gasteiger charge is -2.72. The van der Waals surface area contributed by atoms with E-state index < -0.39 is 28.9 Å². The Balaban J connectivity index is 1.44. The molecule has 7 nitrogen and oxygen atoms in total. The van der Waals surface area contributed by atoms with Crippen molar-refractivity contribution in [2.45, 2.75) is 153 Å². The Bertz CT molecular complexity index is 1330. The Labute approximate surface area is 290 Å². The maximum Gasteiger partial charge on any atom is 0.309 e. The zero-order valence-electron chi connectivity index (χ0n) is 32.1. The van der Waals surface area contributed by atoms with E-state index in [2.05, 4.69) is 67.6 Å². The molecule has 0 aliphatic heterocycles. The summed E-state index contributed by atoms with van der Waals surface area (Å²) in [6.07, 6.45) is 7.52. The molecule has 7 heteroatoms. The summed E-state index contributed by atoms with van der Waals surface area (Å²) in [5.41, 5.74) is 0.687. The maximum atomic E-state index is 13.9. The topological polar surface area (TPSA) is 113 Å². The number of nitrogens with one attached hydrogen (secondary N) is 1. The van der Waals surface area contributed by atoms with Gasteiger partial charge in [-0.25, -0.2) is 0 Å². The van der Waals surface area contributed by atoms with Gasteiger partial charge in [-0.15, -0.1) is 0 Å². The average molecular weight is 670 g/mol. The second-order valence-corrected chi connectivity index (χ2v) is 19.6. The largest absolute Gasteiger partial charge is 0.481 e. The highest BCUT2D eigenvalue weighted by atomic mass is 16.5. The molecule has 0 heterocycles. The summed E-state index contributed by atoms with van der Waals surface area (Å²) in [6.45, 7) is 25.4. The first-order chi connectivity index (χ1) is 22.1. The van der Waals surface area contributed by atoms with Crippen LogP contribution in [0, 0.1) is 62.1 Å². The number of aliphatic hydroxyl groups excluding tert-OH is 1. The molecule has 0 aromatic rings. The van der Waals surface area contributed by atoms with E-state index in [9.17, 15) is 24.6 Å². The molecule has 0 saturated heterocycles. The van der Waals surface area contributed by atoms with Crippen molar-refractivity contribution in [2.75, 3.05) is 13.1 Å². The van der Waals surface area contributed by atoms with Gasteiger partial charge in [0.2, 0.25) is 0 Å². The first kappa shape index (κ1) is 37.5. The Morgan fingerprint density at radius 3 is 2.17 bits per heavy atom. The van der Waals surface area contributed by atoms with Crippen LogP contribution in [-0.4, -0.2) is 53.2 Å². The molecule has 272 valence electrons. The predicted molar refractivity (Wildman–Crippen MR) is 189 cm³/mol. The first-order valence-corrected chi connectivity index (χ1v) is 19.2. The number of esters is 1. The molecule has 0 aromatic heterocycles. The van der Waals surface area contributed by atoms with E-state index in [1.165, 1.54) is 5.57 Å². The summed E-state index contributed by atoms with van der Waals surface area (Å²) in [5.74, 6) is 0.696. The third kappa shape index (κ3) is 5.64. The number of hydrogen-bond acceptors (Lipinski definition) is 6. The van der Waals surface area contributed by atoms with Crippen molar-refractivity contribution in [3.05, 3.63) is 11.1 Å². The highest BCUT2D eigenvalue weighted by Crippen LogP contribution is 2.77. The van der Waals surface area contributed by atoms with E-state index >= 15 is 0 Å². The summed E-state index contributed by atoms with van der Waals surface area (Å²) in [6, 6.07) is 0. The van der Waals surface area contributed by atoms with Gasteiger partial charge in [0.1, 0.15) is 6.10 Å². The van der Waals surface area contributed by atoms with Crippen LogP contribution in [0.2, 0.25) is 0 Å². The standard InChI is InChI=1S/C41H67NO6/c1-24(2)22-42-23-30(44)41-19-18-39(10)26(34(41)33(25(3)4)27(43)20-41)12-13-29-38(9)16-15-31(48-32(45)21-36(5,6)35(46)47)37(7,8)28(38)14-17-40(29,39)11/h24-26,28-31,42,44H,12-23H2,1-11H3,(H,46,47)/t26-,28-,29?,30-,31+,38+,39-,40-,41+/m1/s1. The molecule has 0 aromatic carbocycles. The van der Waals surface area contributed by atoms with Crippen LogP contribution in [0.1, 0.15) is 140 Å². The van der Waals surface area contributed by atoms with Crippen LogP contribution >= 0.6 is 0 Å².